The Bertz CT molecular complexity index is 2380. The summed E-state index contributed by atoms with van der Waals surface area (Å²) >= 11 is 0. The van der Waals surface area contributed by atoms with Crippen LogP contribution >= 0.6 is 0 Å². The highest BCUT2D eigenvalue weighted by atomic mass is 28.5. The van der Waals surface area contributed by atoms with Crippen LogP contribution in [0, 0.1) is 0 Å². The second kappa shape index (κ2) is 47.2. The lowest BCUT2D eigenvalue weighted by molar-refractivity contribution is 0.0719. The highest BCUT2D eigenvalue weighted by molar-refractivity contribution is 6.93. The Labute approximate surface area is 603 Å². The van der Waals surface area contributed by atoms with E-state index in [1.807, 2.05) is 0 Å². The van der Waals surface area contributed by atoms with E-state index in [-0.39, 0.29) is 66.1 Å². The minimum atomic E-state index is -3.31. The monoisotopic (exact) mass is 1510 g/mol. The van der Waals surface area contributed by atoms with Crippen molar-refractivity contribution in [1.29, 1.82) is 0 Å². The molecule has 0 spiro atoms. The lowest BCUT2D eigenvalue weighted by atomic mass is 10.2. The molecule has 5 fully saturated rings. The van der Waals surface area contributed by atoms with Crippen molar-refractivity contribution in [1.82, 2.24) is 51.1 Å². The lowest BCUT2D eigenvalue weighted by Gasteiger charge is -2.44. The first-order valence-electron chi connectivity index (χ1n) is 37.7. The molecule has 100 heavy (non-hydrogen) atoms. The highest BCUT2D eigenvalue weighted by Crippen LogP contribution is 2.36. The van der Waals surface area contributed by atoms with Crippen LogP contribution in [0.5, 0.6) is 0 Å². The molecule has 0 radical (unpaired) electrons. The molecule has 5 N–H and O–H groups in total. The van der Waals surface area contributed by atoms with Gasteiger partial charge in [-0.1, -0.05) is 5.67 Å². The number of carbonyl (C=O) groups is 5. The third-order valence-electron chi connectivity index (χ3n) is 18.9. The molecule has 9 unspecified atom stereocenters. The van der Waals surface area contributed by atoms with Gasteiger partial charge < -0.3 is 90.4 Å². The fourth-order valence-electron chi connectivity index (χ4n) is 12.2. The van der Waals surface area contributed by atoms with E-state index in [1.54, 1.807) is 0 Å². The quantitative estimate of drug-likeness (QED) is 0.0191. The molecule has 0 aromatic carbocycles. The molecular formula is C66H130N10O19Si5. The molecule has 578 valence electrons. The largest absolute Gasteiger partial charge is 0.587 e. The first-order chi connectivity index (χ1) is 48.1. The van der Waals surface area contributed by atoms with Crippen molar-refractivity contribution in [3.63, 3.8) is 0 Å². The predicted octanol–water partition coefficient (Wildman–Crippen LogP) is 6.37. The summed E-state index contributed by atoms with van der Waals surface area (Å²) in [4.78, 5) is 74.5. The second-order valence-corrected chi connectivity index (χ2v) is 45.6. The van der Waals surface area contributed by atoms with Crippen molar-refractivity contribution >= 4 is 78.8 Å². The van der Waals surface area contributed by atoms with E-state index in [9.17, 15) is 24.0 Å². The maximum absolute atomic E-state index is 12.6. The van der Waals surface area contributed by atoms with E-state index < -0.39 is 73.1 Å². The van der Waals surface area contributed by atoms with Crippen LogP contribution in [-0.4, -0.2) is 331 Å². The van der Waals surface area contributed by atoms with E-state index >= 15 is 0 Å². The van der Waals surface area contributed by atoms with Crippen LogP contribution in [0.15, 0.2) is 0 Å². The van der Waals surface area contributed by atoms with Crippen molar-refractivity contribution in [2.24, 2.45) is 0 Å². The molecule has 0 aliphatic carbocycles. The number of ether oxygens (including phenoxy) is 10. The fraction of sp³-hybridized carbons (Fsp3) is 0.909. The van der Waals surface area contributed by atoms with E-state index in [2.05, 4.69) is 118 Å². The number of nitrogens with zero attached hydrogens (tertiary/aromatic N) is 5. The standard InChI is InChI=1S/C66H130N10O19Si5/c1-57(72-25-26-72)15-20-67-62(77)87-45-40-82-35-10-50-96-51-56-97(6,52-11-36-83-41-46-88-63(78)68-21-16-58(2)73-27-28-73)93-99(8,54-13-38-85-43-48-90-65(80)70-23-18-60(4)75-31-32-75)95-100(9,55-14-39-86-44-49-91-66(81)71-24-19-61(5)76-33-34-76)94-98(7,92-96)53-12-37-84-42-47-89-64(79)69-22-17-59(3)74-29-30-74/h51,57-61H,10-50,52-56H2,1-9H3,(H,67,77)(H,68,78)(H,69,79)(H,70,80)(H,71,81). The average molecular weight is 1510 g/mol. The minimum Gasteiger partial charge on any atom is -0.587 e. The summed E-state index contributed by atoms with van der Waals surface area (Å²) in [5.41, 5.74) is 2.38. The number of alkyl carbamates (subject to hydrolysis) is 5. The third kappa shape index (κ3) is 39.6. The number of amides is 5. The predicted molar refractivity (Wildman–Crippen MR) is 394 cm³/mol. The van der Waals surface area contributed by atoms with Crippen LogP contribution in [-0.2, 0) is 63.8 Å². The minimum absolute atomic E-state index is 0.111. The van der Waals surface area contributed by atoms with Gasteiger partial charge in [-0.2, -0.15) is 0 Å². The molecule has 6 aliphatic rings. The average Bonchev–Trinajstić information content (AvgIpc) is 1.63. The molecule has 6 aliphatic heterocycles. The van der Waals surface area contributed by atoms with Gasteiger partial charge in [0.25, 0.3) is 0 Å². The Kier molecular flexibility index (Phi) is 40.4. The molecule has 34 heteroatoms. The Balaban J connectivity index is 1.13. The summed E-state index contributed by atoms with van der Waals surface area (Å²) in [6.45, 7) is 37.3. The number of rotatable bonds is 55. The first kappa shape index (κ1) is 85.5. The van der Waals surface area contributed by atoms with E-state index in [0.29, 0.717) is 152 Å². The molecule has 29 nitrogen and oxygen atoms in total. The lowest BCUT2D eigenvalue weighted by Crippen LogP contribution is -2.60. The Morgan fingerprint density at radius 2 is 0.620 bits per heavy atom. The number of nitrogens with one attached hydrogen (secondary N) is 5. The van der Waals surface area contributed by atoms with Gasteiger partial charge >= 0.3 is 56.1 Å². The van der Waals surface area contributed by atoms with Gasteiger partial charge in [0.2, 0.25) is 8.65 Å². The molecule has 0 aromatic heterocycles. The van der Waals surface area contributed by atoms with Gasteiger partial charge in [0.15, 0.2) is 8.32 Å². The first-order valence-corrected chi connectivity index (χ1v) is 49.8. The van der Waals surface area contributed by atoms with Gasteiger partial charge in [-0.05, 0) is 155 Å². The van der Waals surface area contributed by atoms with E-state index in [0.717, 1.165) is 110 Å². The summed E-state index contributed by atoms with van der Waals surface area (Å²) in [5, 5.41) is 14.3. The molecule has 6 heterocycles. The van der Waals surface area contributed by atoms with Crippen molar-refractivity contribution in [3.05, 3.63) is 0 Å². The highest BCUT2D eigenvalue weighted by Gasteiger charge is 2.51. The van der Waals surface area contributed by atoms with Gasteiger partial charge in [-0.15, -0.1) is 0 Å². The SMILES string of the molecule is CC(CCNC(=O)OCCOCCC[Si]1=CC[Si](C)(CCCOCCOC(=O)NCCC(C)N2CC2)O[Si](C)(CCCOCCOC(=O)NCCC(C)N2CC2)O[Si](C)(CCCOCCOC(=O)NCCC(C)N2CC2)O[Si](C)(CCCOCCOC(=O)NCCC(C)N2CC2)O1)N1CC1. The molecule has 5 amide bonds. The number of hydrogen-bond acceptors (Lipinski definition) is 24. The van der Waals surface area contributed by atoms with Crippen LogP contribution < -0.4 is 26.6 Å². The van der Waals surface area contributed by atoms with E-state index in [4.69, 9.17) is 63.8 Å². The summed E-state index contributed by atoms with van der Waals surface area (Å²) in [5.74, 6) is 0. The maximum atomic E-state index is 12.6. The zero-order valence-corrected chi connectivity index (χ0v) is 67.5. The van der Waals surface area contributed by atoms with Crippen LogP contribution in [0.1, 0.15) is 98.8 Å². The third-order valence-corrected chi connectivity index (χ3v) is 40.4. The number of carbonyl (C=O) groups excluding carboxylic acids is 5. The van der Waals surface area contributed by atoms with Crippen LogP contribution in [0.4, 0.5) is 24.0 Å². The normalized spacial score (nSPS) is 24.0. The summed E-state index contributed by atoms with van der Waals surface area (Å²) in [6, 6.07) is 6.03. The van der Waals surface area contributed by atoms with Gasteiger partial charge in [0, 0.05) is 167 Å². The molecule has 0 bridgehead atoms. The number of hydrogen-bond donors (Lipinski definition) is 5. The van der Waals surface area contributed by atoms with Gasteiger partial charge in [0.05, 0.1) is 33.0 Å². The second-order valence-electron chi connectivity index (χ2n) is 28.4. The molecule has 6 rings (SSSR count). The van der Waals surface area contributed by atoms with Gasteiger partial charge in [0.1, 0.15) is 33.0 Å². The molecule has 0 aromatic rings. The maximum Gasteiger partial charge on any atom is 0.407 e. The van der Waals surface area contributed by atoms with Crippen molar-refractivity contribution < 1.29 is 87.8 Å². The summed E-state index contributed by atoms with van der Waals surface area (Å²) in [7, 11) is -14.2. The van der Waals surface area contributed by atoms with E-state index in [1.165, 1.54) is 0 Å². The van der Waals surface area contributed by atoms with Crippen molar-refractivity contribution in [2.75, 3.05) is 197 Å². The van der Waals surface area contributed by atoms with Crippen molar-refractivity contribution in [3.8, 4) is 0 Å². The molecule has 0 saturated carbocycles. The topological polar surface area (TPSA) is 290 Å². The summed E-state index contributed by atoms with van der Waals surface area (Å²) < 4.78 is 88.7. The summed E-state index contributed by atoms with van der Waals surface area (Å²) in [6.07, 6.45) is 5.28. The molecule has 5 saturated heterocycles. The van der Waals surface area contributed by atoms with Gasteiger partial charge in [-0.3, -0.25) is 24.5 Å². The van der Waals surface area contributed by atoms with Crippen molar-refractivity contribution in [2.45, 2.75) is 191 Å². The van der Waals surface area contributed by atoms with Gasteiger partial charge in [-0.25, -0.2) is 24.0 Å². The zero-order chi connectivity index (χ0) is 71.9. The zero-order valence-electron chi connectivity index (χ0n) is 62.5. The van der Waals surface area contributed by atoms with Crippen LogP contribution in [0.2, 0.25) is 62.5 Å². The fourth-order valence-corrected chi connectivity index (χ4v) is 38.3. The van der Waals surface area contributed by atoms with Crippen LogP contribution in [0.25, 0.3) is 0 Å². The molecular weight excluding hydrogens is 1380 g/mol. The Hall–Kier alpha value is -3.42. The van der Waals surface area contributed by atoms with Crippen LogP contribution in [0.3, 0.4) is 0 Å². The molecule has 9 atom stereocenters. The smallest absolute Gasteiger partial charge is 0.407 e. The Morgan fingerprint density at radius 1 is 0.360 bits per heavy atom. The Morgan fingerprint density at radius 3 is 0.920 bits per heavy atom.